The Kier molecular flexibility index (Phi) is 8.97. The molecule has 4 heterocycles. The van der Waals surface area contributed by atoms with Gasteiger partial charge in [-0.2, -0.15) is 0 Å². The van der Waals surface area contributed by atoms with Crippen molar-refractivity contribution in [1.29, 1.82) is 0 Å². The molecule has 1 fully saturated rings. The molecular weight excluding hydrogens is 520 g/mol. The van der Waals surface area contributed by atoms with Crippen molar-refractivity contribution >= 4 is 28.3 Å². The quantitative estimate of drug-likeness (QED) is 0.268. The molecule has 41 heavy (non-hydrogen) atoms. The number of methoxy groups -OCH3 is 1. The maximum atomic E-state index is 13.4. The molecule has 3 aromatic rings. The van der Waals surface area contributed by atoms with Crippen LogP contribution in [0.15, 0.2) is 35.6 Å². The van der Waals surface area contributed by atoms with Gasteiger partial charge in [0.2, 0.25) is 0 Å². The number of amides is 1. The van der Waals surface area contributed by atoms with Gasteiger partial charge in [0.1, 0.15) is 28.7 Å². The van der Waals surface area contributed by atoms with Gasteiger partial charge in [-0.15, -0.1) is 0 Å². The number of benzene rings is 1. The predicted octanol–water partition coefficient (Wildman–Crippen LogP) is 4.93. The second-order valence-corrected chi connectivity index (χ2v) is 11.1. The minimum atomic E-state index is -0.378. The van der Waals surface area contributed by atoms with Gasteiger partial charge >= 0.3 is 0 Å². The van der Waals surface area contributed by atoms with E-state index in [1.54, 1.807) is 13.3 Å². The number of H-pyrrole nitrogens is 1. The van der Waals surface area contributed by atoms with Crippen molar-refractivity contribution in [3.63, 3.8) is 0 Å². The molecule has 10 heteroatoms. The summed E-state index contributed by atoms with van der Waals surface area (Å²) in [5.41, 5.74) is 3.52. The number of Topliss-reactive ketones (excluding diaryl/α,β-unsaturated/α-hetero) is 1. The summed E-state index contributed by atoms with van der Waals surface area (Å²) in [6, 6.07) is 7.66. The molecule has 0 unspecified atom stereocenters. The van der Waals surface area contributed by atoms with Crippen LogP contribution < -0.4 is 15.4 Å². The van der Waals surface area contributed by atoms with Crippen LogP contribution in [0.3, 0.4) is 0 Å². The van der Waals surface area contributed by atoms with Gasteiger partial charge in [0.25, 0.3) is 5.91 Å². The first-order chi connectivity index (χ1) is 19.9. The smallest absolute Gasteiger partial charge is 0.269 e. The Hall–Kier alpha value is -3.79. The van der Waals surface area contributed by atoms with Crippen LogP contribution in [0.4, 0.5) is 0 Å². The second kappa shape index (κ2) is 12.8. The lowest BCUT2D eigenvalue weighted by molar-refractivity contribution is -0.119. The minimum Gasteiger partial charge on any atom is -0.496 e. The van der Waals surface area contributed by atoms with E-state index in [0.29, 0.717) is 43.0 Å². The summed E-state index contributed by atoms with van der Waals surface area (Å²) in [6.45, 7) is 5.58. The Morgan fingerprint density at radius 3 is 2.78 bits per heavy atom. The molecule has 2 aliphatic rings. The van der Waals surface area contributed by atoms with Gasteiger partial charge in [0.15, 0.2) is 0 Å². The number of oxime groups is 1. The van der Waals surface area contributed by atoms with Crippen LogP contribution in [0.2, 0.25) is 0 Å². The zero-order valence-electron chi connectivity index (χ0n) is 24.2. The third-order valence-electron chi connectivity index (χ3n) is 8.13. The standard InChI is InChI=1S/C31H40N6O4/c1-4-22(38)8-6-5-7-9-24(36-30(39)26-18-31(41-37-26)12-14-32-15-13-31)29-33-19-27(35-29)23-16-21-11-10-20(2)34-25(21)17-28(23)40-3/h10-11,16-17,19,24,32H,4-9,12-15,18H2,1-3H3,(H,33,35)(H,36,39)/t24-/m0/s1. The number of rotatable bonds is 12. The van der Waals surface area contributed by atoms with Crippen LogP contribution in [0.5, 0.6) is 5.75 Å². The number of aromatic amines is 1. The molecule has 0 bridgehead atoms. The number of nitrogens with one attached hydrogen (secondary N) is 3. The molecule has 1 saturated heterocycles. The molecule has 0 radical (unpaired) electrons. The van der Waals surface area contributed by atoms with Crippen LogP contribution in [0, 0.1) is 6.92 Å². The minimum absolute atomic E-state index is 0.228. The number of unbranched alkanes of at least 4 members (excludes halogenated alkanes) is 2. The van der Waals surface area contributed by atoms with Crippen LogP contribution in [0.25, 0.3) is 22.2 Å². The zero-order valence-corrected chi connectivity index (χ0v) is 24.2. The molecular formula is C31H40N6O4. The lowest BCUT2D eigenvalue weighted by Gasteiger charge is -2.30. The van der Waals surface area contributed by atoms with E-state index in [1.165, 1.54) is 0 Å². The van der Waals surface area contributed by atoms with Crippen molar-refractivity contribution in [2.45, 2.75) is 83.3 Å². The number of carbonyl (C=O) groups is 2. The maximum absolute atomic E-state index is 13.4. The van der Waals surface area contributed by atoms with E-state index in [2.05, 4.69) is 25.8 Å². The average molecular weight is 561 g/mol. The highest BCUT2D eigenvalue weighted by atomic mass is 16.7. The van der Waals surface area contributed by atoms with Crippen LogP contribution in [-0.2, 0) is 14.4 Å². The van der Waals surface area contributed by atoms with Gasteiger partial charge in [0, 0.05) is 54.8 Å². The number of hydrogen-bond acceptors (Lipinski definition) is 8. The van der Waals surface area contributed by atoms with Crippen molar-refractivity contribution in [3.05, 3.63) is 42.0 Å². The lowest BCUT2D eigenvalue weighted by Crippen LogP contribution is -2.43. The number of nitrogens with zero attached hydrogens (tertiary/aromatic N) is 3. The summed E-state index contributed by atoms with van der Waals surface area (Å²) in [6.07, 6.45) is 8.39. The van der Waals surface area contributed by atoms with Gasteiger partial charge < -0.3 is 25.2 Å². The SMILES string of the molecule is CCC(=O)CCCCC[C@H](NC(=O)C1=NOC2(CCNCC2)C1)c1ncc(-c2cc3ccc(C)nc3cc2OC)[nH]1. The molecule has 10 nitrogen and oxygen atoms in total. The highest BCUT2D eigenvalue weighted by Crippen LogP contribution is 2.35. The van der Waals surface area contributed by atoms with Crippen molar-refractivity contribution in [3.8, 4) is 17.0 Å². The highest BCUT2D eigenvalue weighted by molar-refractivity contribution is 6.39. The molecule has 0 saturated carbocycles. The van der Waals surface area contributed by atoms with Crippen molar-refractivity contribution in [1.82, 2.24) is 25.6 Å². The summed E-state index contributed by atoms with van der Waals surface area (Å²) in [5, 5.41) is 11.7. The third kappa shape index (κ3) is 6.75. The zero-order chi connectivity index (χ0) is 28.8. The number of piperidine rings is 1. The topological polar surface area (TPSA) is 131 Å². The molecule has 1 spiro atoms. The van der Waals surface area contributed by atoms with Gasteiger partial charge in [-0.05, 0) is 45.0 Å². The molecule has 2 aromatic heterocycles. The summed E-state index contributed by atoms with van der Waals surface area (Å²) < 4.78 is 5.71. The van der Waals surface area contributed by atoms with E-state index in [0.717, 1.165) is 73.0 Å². The number of ketones is 1. The molecule has 3 N–H and O–H groups in total. The van der Waals surface area contributed by atoms with Crippen LogP contribution in [0.1, 0.15) is 82.3 Å². The number of carbonyl (C=O) groups excluding carboxylic acids is 2. The number of ether oxygens (including phenoxy) is 1. The fourth-order valence-corrected chi connectivity index (χ4v) is 5.62. The van der Waals surface area contributed by atoms with Crippen molar-refractivity contribution < 1.29 is 19.2 Å². The van der Waals surface area contributed by atoms with E-state index in [4.69, 9.17) is 14.6 Å². The first-order valence-corrected chi connectivity index (χ1v) is 14.7. The molecule has 0 aliphatic carbocycles. The number of fused-ring (bicyclic) bond motifs is 1. The highest BCUT2D eigenvalue weighted by Gasteiger charge is 2.42. The third-order valence-corrected chi connectivity index (χ3v) is 8.13. The van der Waals surface area contributed by atoms with Gasteiger partial charge in [-0.3, -0.25) is 14.6 Å². The summed E-state index contributed by atoms with van der Waals surface area (Å²) >= 11 is 0. The monoisotopic (exact) mass is 560 g/mol. The lowest BCUT2D eigenvalue weighted by atomic mass is 9.87. The van der Waals surface area contributed by atoms with E-state index in [9.17, 15) is 9.59 Å². The van der Waals surface area contributed by atoms with Gasteiger partial charge in [-0.1, -0.05) is 31.0 Å². The van der Waals surface area contributed by atoms with Crippen LogP contribution in [-0.4, -0.2) is 58.2 Å². The van der Waals surface area contributed by atoms with E-state index in [1.807, 2.05) is 38.1 Å². The Balaban J connectivity index is 1.34. The number of hydrogen-bond donors (Lipinski definition) is 3. The normalized spacial score (nSPS) is 16.8. The fourth-order valence-electron chi connectivity index (χ4n) is 5.62. The molecule has 1 aromatic carbocycles. The van der Waals surface area contributed by atoms with E-state index >= 15 is 0 Å². The Labute approximate surface area is 240 Å². The summed E-state index contributed by atoms with van der Waals surface area (Å²) in [7, 11) is 1.64. The van der Waals surface area contributed by atoms with Crippen molar-refractivity contribution in [2.75, 3.05) is 20.2 Å². The van der Waals surface area contributed by atoms with Gasteiger partial charge in [0.05, 0.1) is 30.6 Å². The van der Waals surface area contributed by atoms with E-state index in [-0.39, 0.29) is 23.3 Å². The number of imidazole rings is 1. The van der Waals surface area contributed by atoms with Gasteiger partial charge in [-0.25, -0.2) is 4.98 Å². The number of aromatic nitrogens is 3. The Morgan fingerprint density at radius 1 is 1.17 bits per heavy atom. The first-order valence-electron chi connectivity index (χ1n) is 14.7. The van der Waals surface area contributed by atoms with Crippen molar-refractivity contribution in [2.24, 2.45) is 5.16 Å². The first kappa shape index (κ1) is 28.7. The molecule has 5 rings (SSSR count). The largest absolute Gasteiger partial charge is 0.496 e. The predicted molar refractivity (Wildman–Crippen MR) is 158 cm³/mol. The number of aryl methyl sites for hydroxylation is 1. The second-order valence-electron chi connectivity index (χ2n) is 11.1. The van der Waals surface area contributed by atoms with E-state index < -0.39 is 0 Å². The Bertz CT molecular complexity index is 1430. The fraction of sp³-hybridized carbons (Fsp3) is 0.516. The molecule has 1 atom stereocenters. The summed E-state index contributed by atoms with van der Waals surface area (Å²) in [4.78, 5) is 43.6. The van der Waals surface area contributed by atoms with Crippen LogP contribution >= 0.6 is 0 Å². The molecule has 2 aliphatic heterocycles. The molecule has 1 amide bonds. The average Bonchev–Trinajstić information content (AvgIpc) is 3.64. The maximum Gasteiger partial charge on any atom is 0.269 e. The number of pyridine rings is 1. The Morgan fingerprint density at radius 2 is 2.00 bits per heavy atom. The summed E-state index contributed by atoms with van der Waals surface area (Å²) in [5.74, 6) is 1.41. The molecule has 218 valence electrons.